The van der Waals surface area contributed by atoms with E-state index in [0.29, 0.717) is 0 Å². The largest absolute Gasteiger partial charge is 0.0684 e. The quantitative estimate of drug-likeness (QED) is 0.451. The molecule has 0 N–H and O–H groups in total. The zero-order valence-electron chi connectivity index (χ0n) is 4.96. The first-order chi connectivity index (χ1) is 4.45. The van der Waals surface area contributed by atoms with Crippen LogP contribution in [0.1, 0.15) is 0 Å². The third kappa shape index (κ3) is 0.325. The van der Waals surface area contributed by atoms with E-state index >= 15 is 0 Å². The first-order valence-corrected chi connectivity index (χ1v) is 3.27. The van der Waals surface area contributed by atoms with Crippen LogP contribution in [0.4, 0.5) is 0 Å². The Bertz CT molecular complexity index is 298. The SMILES string of the molecule is C1=CC2=CC3=CC3C2=C1. The molecule has 0 nitrogen and oxygen atoms in total. The second-order valence-corrected chi connectivity index (χ2v) is 2.73. The second kappa shape index (κ2) is 0.971. The van der Waals surface area contributed by atoms with E-state index in [0.717, 1.165) is 5.92 Å². The van der Waals surface area contributed by atoms with Gasteiger partial charge in [-0.2, -0.15) is 0 Å². The van der Waals surface area contributed by atoms with Gasteiger partial charge in [0.2, 0.25) is 0 Å². The molecule has 0 amide bonds. The van der Waals surface area contributed by atoms with Crippen molar-refractivity contribution in [2.24, 2.45) is 5.92 Å². The van der Waals surface area contributed by atoms with Crippen molar-refractivity contribution in [3.63, 3.8) is 0 Å². The van der Waals surface area contributed by atoms with Crippen LogP contribution in [0.5, 0.6) is 0 Å². The maximum absolute atomic E-state index is 2.31. The standard InChI is InChI=1S/C9H6/c1-2-6-4-7-5-9(7)8(6)3-1/h1-5,9H. The molecule has 9 heavy (non-hydrogen) atoms. The Kier molecular flexibility index (Phi) is 0.419. The Labute approximate surface area is 53.9 Å². The Hall–Kier alpha value is -1.04. The summed E-state index contributed by atoms with van der Waals surface area (Å²) < 4.78 is 0. The highest BCUT2D eigenvalue weighted by Crippen LogP contribution is 2.48. The maximum Gasteiger partial charge on any atom is 0.0278 e. The molecule has 0 saturated heterocycles. The molecule has 0 heteroatoms. The minimum absolute atomic E-state index is 0.731. The van der Waals surface area contributed by atoms with Gasteiger partial charge in [0.1, 0.15) is 0 Å². The fourth-order valence-electron chi connectivity index (χ4n) is 1.59. The van der Waals surface area contributed by atoms with Gasteiger partial charge in [0.25, 0.3) is 0 Å². The average molecular weight is 114 g/mol. The minimum Gasteiger partial charge on any atom is -0.0684 e. The van der Waals surface area contributed by atoms with Crippen molar-refractivity contribution < 1.29 is 0 Å². The summed E-state index contributed by atoms with van der Waals surface area (Å²) in [6.45, 7) is 0. The average Bonchev–Trinajstić information content (AvgIpc) is 2.38. The van der Waals surface area contributed by atoms with E-state index in [2.05, 4.69) is 30.4 Å². The van der Waals surface area contributed by atoms with Gasteiger partial charge in [-0.15, -0.1) is 0 Å². The summed E-state index contributed by atoms with van der Waals surface area (Å²) in [6.07, 6.45) is 11.1. The first-order valence-electron chi connectivity index (χ1n) is 3.27. The topological polar surface area (TPSA) is 0 Å². The molecule has 1 unspecified atom stereocenters. The second-order valence-electron chi connectivity index (χ2n) is 2.73. The van der Waals surface area contributed by atoms with Crippen LogP contribution in [-0.4, -0.2) is 0 Å². The number of hydrogen-bond acceptors (Lipinski definition) is 0. The third-order valence-corrected chi connectivity index (χ3v) is 2.15. The smallest absolute Gasteiger partial charge is 0.0278 e. The van der Waals surface area contributed by atoms with Crippen LogP contribution >= 0.6 is 0 Å². The van der Waals surface area contributed by atoms with Gasteiger partial charge < -0.3 is 0 Å². The summed E-state index contributed by atoms with van der Waals surface area (Å²) >= 11 is 0. The highest BCUT2D eigenvalue weighted by Gasteiger charge is 2.34. The summed E-state index contributed by atoms with van der Waals surface area (Å²) in [5.74, 6) is 0.731. The van der Waals surface area contributed by atoms with Crippen LogP contribution in [0.3, 0.4) is 0 Å². The van der Waals surface area contributed by atoms with Crippen molar-refractivity contribution in [3.05, 3.63) is 47.1 Å². The molecule has 1 atom stereocenters. The zero-order chi connectivity index (χ0) is 5.84. The van der Waals surface area contributed by atoms with Crippen molar-refractivity contribution in [1.29, 1.82) is 0 Å². The van der Waals surface area contributed by atoms with E-state index in [4.69, 9.17) is 0 Å². The molecule has 3 aliphatic carbocycles. The van der Waals surface area contributed by atoms with Gasteiger partial charge in [-0.1, -0.05) is 30.4 Å². The summed E-state index contributed by atoms with van der Waals surface area (Å²) in [5.41, 5.74) is 4.49. The van der Waals surface area contributed by atoms with Crippen molar-refractivity contribution in [3.8, 4) is 0 Å². The Morgan fingerprint density at radius 2 is 2.33 bits per heavy atom. The minimum atomic E-state index is 0.731. The van der Waals surface area contributed by atoms with E-state index in [1.165, 1.54) is 16.7 Å². The highest BCUT2D eigenvalue weighted by atomic mass is 14.4. The molecule has 42 valence electrons. The maximum atomic E-state index is 2.31. The predicted molar refractivity (Wildman–Crippen MR) is 36.9 cm³/mol. The third-order valence-electron chi connectivity index (χ3n) is 2.15. The van der Waals surface area contributed by atoms with E-state index in [1.807, 2.05) is 0 Å². The summed E-state index contributed by atoms with van der Waals surface area (Å²) in [4.78, 5) is 0. The molecule has 0 saturated carbocycles. The van der Waals surface area contributed by atoms with Gasteiger partial charge in [-0.3, -0.25) is 0 Å². The molecule has 0 bridgehead atoms. The lowest BCUT2D eigenvalue weighted by Crippen LogP contribution is -1.79. The number of rotatable bonds is 0. The van der Waals surface area contributed by atoms with Gasteiger partial charge in [0.15, 0.2) is 0 Å². The van der Waals surface area contributed by atoms with Crippen LogP contribution in [0.25, 0.3) is 0 Å². The zero-order valence-corrected chi connectivity index (χ0v) is 4.96. The van der Waals surface area contributed by atoms with Crippen molar-refractivity contribution in [1.82, 2.24) is 0 Å². The summed E-state index contributed by atoms with van der Waals surface area (Å²) in [5, 5.41) is 0. The molecule has 0 aromatic carbocycles. The molecule has 3 aliphatic rings. The van der Waals surface area contributed by atoms with Gasteiger partial charge in [0, 0.05) is 5.92 Å². The summed E-state index contributed by atoms with van der Waals surface area (Å²) in [6, 6.07) is 0. The van der Waals surface area contributed by atoms with Gasteiger partial charge in [0.05, 0.1) is 0 Å². The molecule has 0 heterocycles. The highest BCUT2D eigenvalue weighted by molar-refractivity contribution is 5.69. The normalized spacial score (nSPS) is 32.9. The van der Waals surface area contributed by atoms with Crippen LogP contribution in [0.2, 0.25) is 0 Å². The van der Waals surface area contributed by atoms with Crippen LogP contribution < -0.4 is 0 Å². The van der Waals surface area contributed by atoms with Crippen LogP contribution in [-0.2, 0) is 0 Å². The molecule has 0 aromatic heterocycles. The molecule has 0 spiro atoms. The Morgan fingerprint density at radius 1 is 1.33 bits per heavy atom. The molecular weight excluding hydrogens is 108 g/mol. The van der Waals surface area contributed by atoms with Gasteiger partial charge in [-0.25, -0.2) is 0 Å². The van der Waals surface area contributed by atoms with Gasteiger partial charge in [-0.05, 0) is 16.7 Å². The van der Waals surface area contributed by atoms with Crippen LogP contribution in [0.15, 0.2) is 47.1 Å². The van der Waals surface area contributed by atoms with Crippen molar-refractivity contribution in [2.45, 2.75) is 0 Å². The van der Waals surface area contributed by atoms with E-state index in [1.54, 1.807) is 0 Å². The number of allylic oxidation sites excluding steroid dienone is 8. The van der Waals surface area contributed by atoms with E-state index in [-0.39, 0.29) is 0 Å². The molecule has 0 radical (unpaired) electrons. The fourth-order valence-corrected chi connectivity index (χ4v) is 1.59. The Balaban J connectivity index is 2.29. The monoisotopic (exact) mass is 114 g/mol. The first kappa shape index (κ1) is 3.89. The number of hydrogen-bond donors (Lipinski definition) is 0. The number of fused-ring (bicyclic) bond motifs is 3. The summed E-state index contributed by atoms with van der Waals surface area (Å²) in [7, 11) is 0. The fraction of sp³-hybridized carbons (Fsp3) is 0.111. The lowest BCUT2D eigenvalue weighted by Gasteiger charge is -1.93. The molecule has 0 fully saturated rings. The molecule has 0 aliphatic heterocycles. The molecule has 3 rings (SSSR count). The molecule has 0 aromatic rings. The van der Waals surface area contributed by atoms with E-state index < -0.39 is 0 Å². The van der Waals surface area contributed by atoms with Crippen molar-refractivity contribution >= 4 is 0 Å². The van der Waals surface area contributed by atoms with Crippen LogP contribution in [0, 0.1) is 5.92 Å². The van der Waals surface area contributed by atoms with Gasteiger partial charge >= 0.3 is 0 Å². The lowest BCUT2D eigenvalue weighted by atomic mass is 10.1. The Morgan fingerprint density at radius 3 is 3.22 bits per heavy atom. The van der Waals surface area contributed by atoms with Crippen molar-refractivity contribution in [2.75, 3.05) is 0 Å². The lowest BCUT2D eigenvalue weighted by molar-refractivity contribution is 1.16. The van der Waals surface area contributed by atoms with E-state index in [9.17, 15) is 0 Å². The molecular formula is C9H6. The predicted octanol–water partition coefficient (Wildman–Crippen LogP) is 1.98.